The number of fused-ring (bicyclic) bond motifs is 2. The number of nitrogens with one attached hydrogen (secondary N) is 1. The Balaban J connectivity index is 1.89. The van der Waals surface area contributed by atoms with Gasteiger partial charge in [0.2, 0.25) is 0 Å². The lowest BCUT2D eigenvalue weighted by Gasteiger charge is -2.40. The highest BCUT2D eigenvalue weighted by Gasteiger charge is 2.61. The number of hydrogen-bond donors (Lipinski definition) is 1. The summed E-state index contributed by atoms with van der Waals surface area (Å²) in [6, 6.07) is 3.98. The van der Waals surface area contributed by atoms with Gasteiger partial charge in [-0.3, -0.25) is 0 Å². The van der Waals surface area contributed by atoms with Crippen LogP contribution in [0.25, 0.3) is 0 Å². The van der Waals surface area contributed by atoms with Crippen LogP contribution in [0.15, 0.2) is 16.6 Å². The van der Waals surface area contributed by atoms with E-state index in [1.165, 1.54) is 19.3 Å². The van der Waals surface area contributed by atoms with Gasteiger partial charge in [-0.1, -0.05) is 20.8 Å². The molecule has 0 aromatic heterocycles. The first-order valence-corrected chi connectivity index (χ1v) is 8.27. The van der Waals surface area contributed by atoms with Crippen molar-refractivity contribution >= 4 is 21.6 Å². The van der Waals surface area contributed by atoms with Crippen LogP contribution in [0.5, 0.6) is 0 Å². The average molecular weight is 340 g/mol. The van der Waals surface area contributed by atoms with Crippen molar-refractivity contribution in [2.75, 3.05) is 5.32 Å². The number of aryl methyl sites for hydroxylation is 1. The predicted molar refractivity (Wildman–Crippen MR) is 85.5 cm³/mol. The van der Waals surface area contributed by atoms with Gasteiger partial charge in [-0.2, -0.15) is 0 Å². The molecule has 3 atom stereocenters. The molecule has 1 nitrogen and oxygen atoms in total. The fraction of sp³-hybridized carbons (Fsp3) is 0.647. The lowest BCUT2D eigenvalue weighted by molar-refractivity contribution is 0.142. The van der Waals surface area contributed by atoms with E-state index in [0.29, 0.717) is 21.3 Å². The minimum Gasteiger partial charge on any atom is -0.381 e. The van der Waals surface area contributed by atoms with Crippen LogP contribution < -0.4 is 5.32 Å². The Morgan fingerprint density at radius 2 is 2.00 bits per heavy atom. The second kappa shape index (κ2) is 4.46. The van der Waals surface area contributed by atoms with Crippen LogP contribution in [0.3, 0.4) is 0 Å². The van der Waals surface area contributed by atoms with Crippen LogP contribution >= 0.6 is 15.9 Å². The van der Waals surface area contributed by atoms with Crippen molar-refractivity contribution in [2.45, 2.75) is 53.0 Å². The van der Waals surface area contributed by atoms with E-state index in [4.69, 9.17) is 0 Å². The van der Waals surface area contributed by atoms with Crippen molar-refractivity contribution in [3.05, 3.63) is 28.0 Å². The fourth-order valence-electron chi connectivity index (χ4n) is 4.41. The van der Waals surface area contributed by atoms with Crippen molar-refractivity contribution in [1.82, 2.24) is 0 Å². The van der Waals surface area contributed by atoms with E-state index in [0.717, 1.165) is 17.2 Å². The molecule has 1 aromatic rings. The number of hydrogen-bond acceptors (Lipinski definition) is 1. The molecule has 1 N–H and O–H groups in total. The molecule has 20 heavy (non-hydrogen) atoms. The Morgan fingerprint density at radius 1 is 1.30 bits per heavy atom. The number of benzene rings is 1. The molecule has 3 heteroatoms. The zero-order chi connectivity index (χ0) is 14.7. The molecule has 110 valence electrons. The lowest BCUT2D eigenvalue weighted by atomic mass is 9.69. The first-order chi connectivity index (χ1) is 9.25. The van der Waals surface area contributed by atoms with E-state index in [1.807, 2.05) is 13.0 Å². The summed E-state index contributed by atoms with van der Waals surface area (Å²) in [6.07, 6.45) is 3.88. The molecule has 0 heterocycles. The molecule has 1 aromatic carbocycles. The second-order valence-corrected chi connectivity index (χ2v) is 8.24. The highest BCUT2D eigenvalue weighted by atomic mass is 79.9. The largest absolute Gasteiger partial charge is 0.381 e. The molecule has 0 radical (unpaired) electrons. The molecule has 2 aliphatic carbocycles. The van der Waals surface area contributed by atoms with Gasteiger partial charge in [0, 0.05) is 11.7 Å². The maximum Gasteiger partial charge on any atom is 0.137 e. The third kappa shape index (κ3) is 1.85. The summed E-state index contributed by atoms with van der Waals surface area (Å²) >= 11 is 3.29. The van der Waals surface area contributed by atoms with Gasteiger partial charge in [0.25, 0.3) is 0 Å². The first-order valence-electron chi connectivity index (χ1n) is 7.48. The lowest BCUT2D eigenvalue weighted by Crippen LogP contribution is -2.40. The number of anilines is 1. The van der Waals surface area contributed by atoms with Gasteiger partial charge in [-0.05, 0) is 76.6 Å². The third-order valence-corrected chi connectivity index (χ3v) is 7.00. The van der Waals surface area contributed by atoms with Crippen molar-refractivity contribution in [3.63, 3.8) is 0 Å². The Labute approximate surface area is 129 Å². The molecule has 0 aliphatic heterocycles. The van der Waals surface area contributed by atoms with Gasteiger partial charge in [-0.25, -0.2) is 4.39 Å². The average Bonchev–Trinajstić information content (AvgIpc) is 2.69. The van der Waals surface area contributed by atoms with E-state index in [1.54, 1.807) is 6.07 Å². The number of halogens is 2. The van der Waals surface area contributed by atoms with Crippen molar-refractivity contribution in [1.29, 1.82) is 0 Å². The van der Waals surface area contributed by atoms with Gasteiger partial charge < -0.3 is 5.32 Å². The summed E-state index contributed by atoms with van der Waals surface area (Å²) in [6.45, 7) is 9.23. The van der Waals surface area contributed by atoms with E-state index in [9.17, 15) is 4.39 Å². The smallest absolute Gasteiger partial charge is 0.137 e. The van der Waals surface area contributed by atoms with Crippen molar-refractivity contribution < 1.29 is 4.39 Å². The zero-order valence-electron chi connectivity index (χ0n) is 12.7. The minimum atomic E-state index is -0.187. The number of rotatable bonds is 2. The van der Waals surface area contributed by atoms with Gasteiger partial charge in [0.1, 0.15) is 5.82 Å². The van der Waals surface area contributed by atoms with Crippen LogP contribution in [-0.2, 0) is 0 Å². The third-order valence-electron chi connectivity index (χ3n) is 6.39. The van der Waals surface area contributed by atoms with E-state index in [-0.39, 0.29) is 5.82 Å². The van der Waals surface area contributed by atoms with Gasteiger partial charge in [0.05, 0.1) is 4.47 Å². The van der Waals surface area contributed by atoms with Crippen LogP contribution in [0, 0.1) is 29.5 Å². The highest BCUT2D eigenvalue weighted by molar-refractivity contribution is 9.10. The van der Waals surface area contributed by atoms with E-state index < -0.39 is 0 Å². The van der Waals surface area contributed by atoms with Crippen LogP contribution in [0.1, 0.15) is 45.6 Å². The van der Waals surface area contributed by atoms with Crippen molar-refractivity contribution in [3.8, 4) is 0 Å². The van der Waals surface area contributed by atoms with Gasteiger partial charge in [-0.15, -0.1) is 0 Å². The molecular weight excluding hydrogens is 317 g/mol. The Hall–Kier alpha value is -0.570. The normalized spacial score (nSPS) is 34.5. The van der Waals surface area contributed by atoms with Gasteiger partial charge >= 0.3 is 0 Å². The molecular formula is C17H23BrFN. The summed E-state index contributed by atoms with van der Waals surface area (Å²) < 4.78 is 14.1. The Kier molecular flexibility index (Phi) is 3.20. The highest BCUT2D eigenvalue weighted by Crippen LogP contribution is 2.65. The molecule has 0 saturated heterocycles. The minimum absolute atomic E-state index is 0.187. The maximum atomic E-state index is 13.5. The van der Waals surface area contributed by atoms with Crippen LogP contribution in [0.4, 0.5) is 10.1 Å². The standard InChI is InChI=1S/C17H23BrFN/c1-10-7-13(19)12(18)9-14(10)20-15-8-11-5-6-17(15,4)16(11,2)3/h7,9,11,15,20H,5-6,8H2,1-4H3. The molecule has 2 bridgehead atoms. The summed E-state index contributed by atoms with van der Waals surface area (Å²) in [5.41, 5.74) is 2.78. The summed E-state index contributed by atoms with van der Waals surface area (Å²) in [5, 5.41) is 3.71. The molecule has 3 unspecified atom stereocenters. The fourth-order valence-corrected chi connectivity index (χ4v) is 4.75. The predicted octanol–water partition coefficient (Wildman–Crippen LogP) is 5.52. The second-order valence-electron chi connectivity index (χ2n) is 7.39. The summed E-state index contributed by atoms with van der Waals surface area (Å²) in [4.78, 5) is 0. The quantitative estimate of drug-likeness (QED) is 0.747. The Morgan fingerprint density at radius 3 is 2.55 bits per heavy atom. The summed E-state index contributed by atoms with van der Waals surface area (Å²) in [7, 11) is 0. The molecule has 2 aliphatic rings. The molecule has 2 fully saturated rings. The molecule has 0 spiro atoms. The van der Waals surface area contributed by atoms with Crippen LogP contribution in [-0.4, -0.2) is 6.04 Å². The Bertz CT molecular complexity index is 554. The van der Waals surface area contributed by atoms with Gasteiger partial charge in [0.15, 0.2) is 0 Å². The first kappa shape index (κ1) is 14.4. The SMILES string of the molecule is Cc1cc(F)c(Br)cc1NC1CC2CCC1(C)C2(C)C. The van der Waals surface area contributed by atoms with Crippen molar-refractivity contribution in [2.24, 2.45) is 16.7 Å². The van der Waals surface area contributed by atoms with Crippen LogP contribution in [0.2, 0.25) is 0 Å². The molecule has 0 amide bonds. The topological polar surface area (TPSA) is 12.0 Å². The monoisotopic (exact) mass is 339 g/mol. The maximum absolute atomic E-state index is 13.5. The zero-order valence-corrected chi connectivity index (χ0v) is 14.3. The van der Waals surface area contributed by atoms with E-state index in [2.05, 4.69) is 42.0 Å². The molecule has 2 saturated carbocycles. The van der Waals surface area contributed by atoms with E-state index >= 15 is 0 Å². The molecule has 3 rings (SSSR count). The summed E-state index contributed by atoms with van der Waals surface area (Å²) in [5.74, 6) is 0.627.